The van der Waals surface area contributed by atoms with E-state index in [0.717, 1.165) is 18.6 Å². The number of nitrogens with zero attached hydrogens (tertiary/aromatic N) is 1. The summed E-state index contributed by atoms with van der Waals surface area (Å²) in [4.78, 5) is 4.23. The number of nitrogens with one attached hydrogen (secondary N) is 1. The highest BCUT2D eigenvalue weighted by Gasteiger charge is 2.34. The maximum absolute atomic E-state index is 13.3. The Kier molecular flexibility index (Phi) is 4.45. The molecule has 1 aromatic carbocycles. The number of aromatic nitrogens is 1. The Labute approximate surface area is 119 Å². The molecule has 0 radical (unpaired) electrons. The lowest BCUT2D eigenvalue weighted by molar-refractivity contribution is -0.139. The van der Waals surface area contributed by atoms with Gasteiger partial charge in [0.25, 0.3) is 0 Å². The number of hydrogen-bond acceptors (Lipinski definition) is 2. The lowest BCUT2D eigenvalue weighted by Crippen LogP contribution is -2.08. The molecule has 0 aliphatic rings. The molecule has 0 aliphatic carbocycles. The molecule has 0 bridgehead atoms. The highest BCUT2D eigenvalue weighted by atomic mass is 19.4. The molecule has 0 amide bonds. The van der Waals surface area contributed by atoms with Gasteiger partial charge in [-0.1, -0.05) is 13.0 Å². The topological polar surface area (TPSA) is 24.9 Å². The van der Waals surface area contributed by atoms with Crippen molar-refractivity contribution in [3.8, 4) is 11.3 Å². The highest BCUT2D eigenvalue weighted by Crippen LogP contribution is 2.34. The quantitative estimate of drug-likeness (QED) is 0.825. The van der Waals surface area contributed by atoms with Crippen molar-refractivity contribution in [3.63, 3.8) is 0 Å². The Morgan fingerprint density at radius 3 is 2.57 bits per heavy atom. The predicted molar refractivity (Wildman–Crippen MR) is 73.4 cm³/mol. The van der Waals surface area contributed by atoms with Gasteiger partial charge < -0.3 is 5.32 Å². The summed E-state index contributed by atoms with van der Waals surface area (Å²) in [6, 6.07) is 7.89. The van der Waals surface area contributed by atoms with Crippen molar-refractivity contribution in [1.82, 2.24) is 4.98 Å². The van der Waals surface area contributed by atoms with Gasteiger partial charge in [0.15, 0.2) is 0 Å². The van der Waals surface area contributed by atoms with Crippen molar-refractivity contribution in [1.29, 1.82) is 0 Å². The molecule has 21 heavy (non-hydrogen) atoms. The third-order valence-electron chi connectivity index (χ3n) is 2.87. The molecule has 0 saturated carbocycles. The molecule has 0 aliphatic heterocycles. The number of anilines is 1. The summed E-state index contributed by atoms with van der Waals surface area (Å²) >= 11 is 0. The van der Waals surface area contributed by atoms with Gasteiger partial charge in [-0.3, -0.25) is 0 Å². The second kappa shape index (κ2) is 6.11. The van der Waals surface area contributed by atoms with Gasteiger partial charge in [0, 0.05) is 12.1 Å². The first-order chi connectivity index (χ1) is 9.91. The van der Waals surface area contributed by atoms with Crippen LogP contribution in [0.25, 0.3) is 11.3 Å². The SMILES string of the molecule is CCCNc1cccc(-c2ccc(F)c(C(F)(F)F)c2)n1. The lowest BCUT2D eigenvalue weighted by atomic mass is 10.1. The standard InChI is InChI=1S/C15H14F4N2/c1-2-8-20-14-5-3-4-13(21-14)10-6-7-12(16)11(9-10)15(17,18)19/h3-7,9H,2,8H2,1H3,(H,20,21). The van der Waals surface area contributed by atoms with Gasteiger partial charge in [0.2, 0.25) is 0 Å². The molecule has 1 N–H and O–H groups in total. The van der Waals surface area contributed by atoms with E-state index in [0.29, 0.717) is 18.1 Å². The molecule has 2 aromatic rings. The summed E-state index contributed by atoms with van der Waals surface area (Å²) < 4.78 is 51.4. The molecule has 0 saturated heterocycles. The second-order valence-electron chi connectivity index (χ2n) is 4.53. The second-order valence-corrected chi connectivity index (χ2v) is 4.53. The molecule has 6 heteroatoms. The number of halogens is 4. The van der Waals surface area contributed by atoms with E-state index in [1.54, 1.807) is 18.2 Å². The van der Waals surface area contributed by atoms with Crippen LogP contribution in [0, 0.1) is 5.82 Å². The van der Waals surface area contributed by atoms with Crippen molar-refractivity contribution in [2.45, 2.75) is 19.5 Å². The van der Waals surface area contributed by atoms with Crippen molar-refractivity contribution in [2.24, 2.45) is 0 Å². The van der Waals surface area contributed by atoms with Gasteiger partial charge in [-0.05, 0) is 36.8 Å². The Bertz CT molecular complexity index is 623. The third-order valence-corrected chi connectivity index (χ3v) is 2.87. The van der Waals surface area contributed by atoms with Crippen molar-refractivity contribution < 1.29 is 17.6 Å². The fourth-order valence-electron chi connectivity index (χ4n) is 1.85. The first kappa shape index (κ1) is 15.3. The zero-order chi connectivity index (χ0) is 15.5. The molecule has 0 spiro atoms. The minimum absolute atomic E-state index is 0.226. The summed E-state index contributed by atoms with van der Waals surface area (Å²) in [7, 11) is 0. The average Bonchev–Trinajstić information content (AvgIpc) is 2.44. The Morgan fingerprint density at radius 1 is 1.14 bits per heavy atom. The van der Waals surface area contributed by atoms with E-state index in [1.165, 1.54) is 6.07 Å². The smallest absolute Gasteiger partial charge is 0.370 e. The summed E-state index contributed by atoms with van der Waals surface area (Å²) in [5.74, 6) is -0.709. The van der Waals surface area contributed by atoms with Gasteiger partial charge in [0.1, 0.15) is 11.6 Å². The lowest BCUT2D eigenvalue weighted by Gasteiger charge is -2.11. The molecule has 2 rings (SSSR count). The normalized spacial score (nSPS) is 11.5. The zero-order valence-corrected chi connectivity index (χ0v) is 11.3. The number of pyridine rings is 1. The number of hydrogen-bond donors (Lipinski definition) is 1. The number of alkyl halides is 3. The van der Waals surface area contributed by atoms with Crippen molar-refractivity contribution >= 4 is 5.82 Å². The van der Waals surface area contributed by atoms with E-state index >= 15 is 0 Å². The summed E-state index contributed by atoms with van der Waals surface area (Å²) in [5.41, 5.74) is -0.695. The molecule has 0 unspecified atom stereocenters. The van der Waals surface area contributed by atoms with Crippen LogP contribution in [-0.4, -0.2) is 11.5 Å². The van der Waals surface area contributed by atoms with Crippen molar-refractivity contribution in [3.05, 3.63) is 47.8 Å². The van der Waals surface area contributed by atoms with Crippen LogP contribution in [0.15, 0.2) is 36.4 Å². The minimum atomic E-state index is -4.72. The first-order valence-electron chi connectivity index (χ1n) is 6.50. The van der Waals surface area contributed by atoms with E-state index in [-0.39, 0.29) is 5.56 Å². The summed E-state index contributed by atoms with van der Waals surface area (Å²) in [6.07, 6.45) is -3.82. The maximum Gasteiger partial charge on any atom is 0.419 e. The molecule has 0 fully saturated rings. The van der Waals surface area contributed by atoms with Crippen LogP contribution >= 0.6 is 0 Å². The predicted octanol–water partition coefficient (Wildman–Crippen LogP) is 4.73. The molecule has 1 heterocycles. The molecule has 112 valence electrons. The Morgan fingerprint density at radius 2 is 1.90 bits per heavy atom. The van der Waals surface area contributed by atoms with E-state index in [4.69, 9.17) is 0 Å². The Hall–Kier alpha value is -2.11. The van der Waals surface area contributed by atoms with E-state index in [1.807, 2.05) is 6.92 Å². The van der Waals surface area contributed by atoms with E-state index < -0.39 is 17.6 Å². The molecule has 2 nitrogen and oxygen atoms in total. The van der Waals surface area contributed by atoms with Crippen LogP contribution in [0.2, 0.25) is 0 Å². The fraction of sp³-hybridized carbons (Fsp3) is 0.267. The minimum Gasteiger partial charge on any atom is -0.370 e. The number of rotatable bonds is 4. The maximum atomic E-state index is 13.3. The highest BCUT2D eigenvalue weighted by molar-refractivity contribution is 5.62. The first-order valence-corrected chi connectivity index (χ1v) is 6.50. The van der Waals surface area contributed by atoms with Crippen LogP contribution in [-0.2, 0) is 6.18 Å². The molecular weight excluding hydrogens is 284 g/mol. The fourth-order valence-corrected chi connectivity index (χ4v) is 1.85. The van der Waals surface area contributed by atoms with Crippen molar-refractivity contribution in [2.75, 3.05) is 11.9 Å². The largest absolute Gasteiger partial charge is 0.419 e. The summed E-state index contributed by atoms with van der Waals surface area (Å²) in [5, 5.41) is 3.05. The van der Waals surface area contributed by atoms with Gasteiger partial charge >= 0.3 is 6.18 Å². The van der Waals surface area contributed by atoms with Gasteiger partial charge in [0.05, 0.1) is 11.3 Å². The Balaban J connectivity index is 2.38. The van der Waals surface area contributed by atoms with Crippen LogP contribution in [0.4, 0.5) is 23.4 Å². The van der Waals surface area contributed by atoms with E-state index in [2.05, 4.69) is 10.3 Å². The third kappa shape index (κ3) is 3.71. The van der Waals surface area contributed by atoms with Crippen LogP contribution in [0.1, 0.15) is 18.9 Å². The van der Waals surface area contributed by atoms with Crippen LogP contribution < -0.4 is 5.32 Å². The average molecular weight is 298 g/mol. The summed E-state index contributed by atoms with van der Waals surface area (Å²) in [6.45, 7) is 2.71. The van der Waals surface area contributed by atoms with Gasteiger partial charge in [-0.15, -0.1) is 0 Å². The molecule has 1 aromatic heterocycles. The zero-order valence-electron chi connectivity index (χ0n) is 11.3. The van der Waals surface area contributed by atoms with Crippen LogP contribution in [0.3, 0.4) is 0 Å². The monoisotopic (exact) mass is 298 g/mol. The van der Waals surface area contributed by atoms with Gasteiger partial charge in [-0.25, -0.2) is 9.37 Å². The molecule has 0 atom stereocenters. The molecular formula is C15H14F4N2. The van der Waals surface area contributed by atoms with E-state index in [9.17, 15) is 17.6 Å². The van der Waals surface area contributed by atoms with Crippen LogP contribution in [0.5, 0.6) is 0 Å². The van der Waals surface area contributed by atoms with Gasteiger partial charge in [-0.2, -0.15) is 13.2 Å². The number of benzene rings is 1.